The van der Waals surface area contributed by atoms with Crippen molar-refractivity contribution in [1.82, 2.24) is 4.57 Å². The van der Waals surface area contributed by atoms with Gasteiger partial charge in [0, 0.05) is 28.4 Å². The van der Waals surface area contributed by atoms with Crippen LogP contribution in [0.1, 0.15) is 11.1 Å². The number of fused-ring (bicyclic) bond motifs is 4. The highest BCUT2D eigenvalue weighted by Crippen LogP contribution is 2.35. The Bertz CT molecular complexity index is 1580. The first-order chi connectivity index (χ1) is 16.3. The molecule has 0 saturated heterocycles. The van der Waals surface area contributed by atoms with Crippen LogP contribution in [0.2, 0.25) is 0 Å². The number of aromatic nitrogens is 1. The fraction of sp³-hybridized carbons (Fsp3) is 0.0323. The Kier molecular flexibility index (Phi) is 4.60. The van der Waals surface area contributed by atoms with Crippen molar-refractivity contribution in [2.75, 3.05) is 0 Å². The summed E-state index contributed by atoms with van der Waals surface area (Å²) in [4.78, 5) is 0. The Hall–Kier alpha value is -4.48. The number of ether oxygens (including phenoxy) is 1. The fourth-order valence-corrected chi connectivity index (χ4v) is 4.67. The van der Waals surface area contributed by atoms with Crippen LogP contribution in [0.4, 0.5) is 0 Å². The highest BCUT2D eigenvalue weighted by atomic mass is 16.5. The SMILES string of the molecule is C#C/C=C(\C=C1/Cc2ccccc2O1)c1ccc2c(c1)c1ccccc1n2-c1ccccc1. The summed E-state index contributed by atoms with van der Waals surface area (Å²) < 4.78 is 8.39. The molecule has 0 spiro atoms. The van der Waals surface area contributed by atoms with Crippen LogP contribution in [0.15, 0.2) is 115 Å². The molecule has 0 atom stereocenters. The van der Waals surface area contributed by atoms with Crippen LogP contribution in [-0.2, 0) is 6.42 Å². The third kappa shape index (κ3) is 3.32. The lowest BCUT2D eigenvalue weighted by Gasteiger charge is -2.08. The highest BCUT2D eigenvalue weighted by Gasteiger charge is 2.18. The molecule has 5 aromatic rings. The van der Waals surface area contributed by atoms with E-state index in [4.69, 9.17) is 11.2 Å². The lowest BCUT2D eigenvalue weighted by molar-refractivity contribution is 0.447. The highest BCUT2D eigenvalue weighted by molar-refractivity contribution is 6.10. The van der Waals surface area contributed by atoms with E-state index in [2.05, 4.69) is 89.4 Å². The number of benzene rings is 4. The molecule has 0 amide bonds. The maximum absolute atomic E-state index is 6.07. The summed E-state index contributed by atoms with van der Waals surface area (Å²) >= 11 is 0. The van der Waals surface area contributed by atoms with Gasteiger partial charge < -0.3 is 9.30 Å². The van der Waals surface area contributed by atoms with Crippen molar-refractivity contribution in [2.24, 2.45) is 0 Å². The minimum atomic E-state index is 0.771. The van der Waals surface area contributed by atoms with Crippen molar-refractivity contribution in [2.45, 2.75) is 6.42 Å². The lowest BCUT2D eigenvalue weighted by atomic mass is 10.0. The molecule has 1 aliphatic rings. The molecular weight excluding hydrogens is 402 g/mol. The van der Waals surface area contributed by atoms with Gasteiger partial charge in [0.25, 0.3) is 0 Å². The number of allylic oxidation sites excluding steroid dienone is 4. The molecule has 0 radical (unpaired) electrons. The number of hydrogen-bond acceptors (Lipinski definition) is 1. The van der Waals surface area contributed by atoms with Crippen LogP contribution in [0, 0.1) is 12.3 Å². The van der Waals surface area contributed by atoms with Crippen molar-refractivity contribution in [3.8, 4) is 23.8 Å². The standard InChI is InChI=1S/C31H21NO/c1-2-10-22(19-26-20-24-11-6-9-16-31(24)33-26)23-17-18-30-28(21-23)27-14-7-8-15-29(27)32(30)25-12-4-3-5-13-25/h1,3-19,21H,20H2/b22-10+,26-19+. The molecule has 1 aromatic heterocycles. The molecule has 0 fully saturated rings. The fourth-order valence-electron chi connectivity index (χ4n) is 4.67. The van der Waals surface area contributed by atoms with Gasteiger partial charge in [-0.25, -0.2) is 0 Å². The Morgan fingerprint density at radius 2 is 1.58 bits per heavy atom. The van der Waals surface area contributed by atoms with Gasteiger partial charge in [-0.15, -0.1) is 6.42 Å². The molecule has 2 nitrogen and oxygen atoms in total. The van der Waals surface area contributed by atoms with Gasteiger partial charge in [-0.05, 0) is 59.7 Å². The van der Waals surface area contributed by atoms with Crippen LogP contribution >= 0.6 is 0 Å². The second-order valence-corrected chi connectivity index (χ2v) is 8.18. The predicted molar refractivity (Wildman–Crippen MR) is 136 cm³/mol. The van der Waals surface area contributed by atoms with Crippen molar-refractivity contribution < 1.29 is 4.74 Å². The Morgan fingerprint density at radius 1 is 0.818 bits per heavy atom. The van der Waals surface area contributed by atoms with Crippen molar-refractivity contribution >= 4 is 27.4 Å². The van der Waals surface area contributed by atoms with Crippen LogP contribution in [0.25, 0.3) is 33.1 Å². The van der Waals surface area contributed by atoms with Crippen LogP contribution in [0.3, 0.4) is 0 Å². The maximum atomic E-state index is 6.07. The van der Waals surface area contributed by atoms with E-state index < -0.39 is 0 Å². The Morgan fingerprint density at radius 3 is 2.42 bits per heavy atom. The zero-order valence-electron chi connectivity index (χ0n) is 18.0. The first kappa shape index (κ1) is 19.2. The van der Waals surface area contributed by atoms with E-state index in [1.54, 1.807) is 0 Å². The minimum absolute atomic E-state index is 0.771. The van der Waals surface area contributed by atoms with Crippen LogP contribution in [0.5, 0.6) is 5.75 Å². The van der Waals surface area contributed by atoms with Crippen molar-refractivity contribution in [3.05, 3.63) is 126 Å². The van der Waals surface area contributed by atoms with E-state index in [0.29, 0.717) is 0 Å². The molecule has 4 aromatic carbocycles. The molecular formula is C31H21NO. The number of hydrogen-bond donors (Lipinski definition) is 0. The zero-order valence-corrected chi connectivity index (χ0v) is 18.0. The van der Waals surface area contributed by atoms with Gasteiger partial charge in [0.05, 0.1) is 11.0 Å². The Balaban J connectivity index is 1.50. The molecule has 2 heteroatoms. The summed E-state index contributed by atoms with van der Waals surface area (Å²) in [7, 11) is 0. The largest absolute Gasteiger partial charge is 0.461 e. The number of nitrogens with zero attached hydrogens (tertiary/aromatic N) is 1. The monoisotopic (exact) mass is 423 g/mol. The molecule has 1 aliphatic heterocycles. The lowest BCUT2D eigenvalue weighted by Crippen LogP contribution is -1.93. The summed E-state index contributed by atoms with van der Waals surface area (Å²) in [6, 6.07) is 33.7. The van der Waals surface area contributed by atoms with Crippen LogP contribution in [-0.4, -0.2) is 4.57 Å². The number of rotatable bonds is 3. The van der Waals surface area contributed by atoms with Gasteiger partial charge >= 0.3 is 0 Å². The molecule has 0 bridgehead atoms. The summed E-state index contributed by atoms with van der Waals surface area (Å²) in [6.45, 7) is 0. The Labute approximate surface area is 193 Å². The summed E-state index contributed by atoms with van der Waals surface area (Å²) in [5, 5.41) is 2.42. The van der Waals surface area contributed by atoms with Crippen molar-refractivity contribution in [1.29, 1.82) is 0 Å². The molecule has 6 rings (SSSR count). The van der Waals surface area contributed by atoms with E-state index in [9.17, 15) is 0 Å². The van der Waals surface area contributed by atoms with E-state index in [1.165, 1.54) is 27.4 Å². The quantitative estimate of drug-likeness (QED) is 0.277. The van der Waals surface area contributed by atoms with Crippen LogP contribution < -0.4 is 4.74 Å². The molecule has 0 saturated carbocycles. The van der Waals surface area contributed by atoms with Gasteiger partial charge in [0.1, 0.15) is 11.5 Å². The molecule has 0 N–H and O–H groups in total. The zero-order chi connectivity index (χ0) is 22.2. The topological polar surface area (TPSA) is 14.2 Å². The summed E-state index contributed by atoms with van der Waals surface area (Å²) in [5.74, 6) is 4.54. The van der Waals surface area contributed by atoms with E-state index in [0.717, 1.165) is 34.8 Å². The normalized spacial score (nSPS) is 14.4. The average molecular weight is 424 g/mol. The van der Waals surface area contributed by atoms with E-state index in [1.807, 2.05) is 30.3 Å². The second-order valence-electron chi connectivity index (χ2n) is 8.18. The molecule has 0 aliphatic carbocycles. The molecule has 2 heterocycles. The second kappa shape index (κ2) is 7.89. The van der Waals surface area contributed by atoms with E-state index >= 15 is 0 Å². The maximum Gasteiger partial charge on any atom is 0.130 e. The van der Waals surface area contributed by atoms with E-state index in [-0.39, 0.29) is 0 Å². The predicted octanol–water partition coefficient (Wildman–Crippen LogP) is 7.32. The summed E-state index contributed by atoms with van der Waals surface area (Å²) in [5.41, 5.74) is 6.75. The van der Waals surface area contributed by atoms with Crippen molar-refractivity contribution in [3.63, 3.8) is 0 Å². The van der Waals surface area contributed by atoms with Gasteiger partial charge in [0.15, 0.2) is 0 Å². The van der Waals surface area contributed by atoms with Gasteiger partial charge in [0.2, 0.25) is 0 Å². The van der Waals surface area contributed by atoms with Gasteiger partial charge in [-0.1, -0.05) is 66.6 Å². The first-order valence-electron chi connectivity index (χ1n) is 11.0. The third-order valence-corrected chi connectivity index (χ3v) is 6.15. The number of terminal acetylenes is 1. The van der Waals surface area contributed by atoms with Gasteiger partial charge in [-0.2, -0.15) is 0 Å². The molecule has 33 heavy (non-hydrogen) atoms. The molecule has 156 valence electrons. The molecule has 0 unspecified atom stereocenters. The third-order valence-electron chi connectivity index (χ3n) is 6.15. The smallest absolute Gasteiger partial charge is 0.130 e. The first-order valence-corrected chi connectivity index (χ1v) is 11.0. The average Bonchev–Trinajstić information content (AvgIpc) is 3.42. The minimum Gasteiger partial charge on any atom is -0.461 e. The number of para-hydroxylation sites is 3. The summed E-state index contributed by atoms with van der Waals surface area (Å²) in [6.07, 6.45) is 10.4. The van der Waals surface area contributed by atoms with Gasteiger partial charge in [-0.3, -0.25) is 0 Å².